The molecule has 0 bridgehead atoms. The van der Waals surface area contributed by atoms with Gasteiger partial charge in [0, 0.05) is 6.54 Å². The third-order valence-corrected chi connectivity index (χ3v) is 5.77. The second kappa shape index (κ2) is 6.70. The maximum absolute atomic E-state index is 11.8. The van der Waals surface area contributed by atoms with Crippen LogP contribution in [-0.2, 0) is 14.6 Å². The van der Waals surface area contributed by atoms with Crippen molar-refractivity contribution in [1.29, 1.82) is 0 Å². The summed E-state index contributed by atoms with van der Waals surface area (Å²) in [6, 6.07) is 0. The van der Waals surface area contributed by atoms with Gasteiger partial charge in [-0.3, -0.25) is 4.79 Å². The van der Waals surface area contributed by atoms with Gasteiger partial charge in [-0.15, -0.1) is 0 Å². The Morgan fingerprint density at radius 1 is 1.21 bits per heavy atom. The highest BCUT2D eigenvalue weighted by Crippen LogP contribution is 2.18. The molecule has 0 saturated carbocycles. The summed E-state index contributed by atoms with van der Waals surface area (Å²) in [6.07, 6.45) is 5.34. The van der Waals surface area contributed by atoms with E-state index in [9.17, 15) is 13.2 Å². The van der Waals surface area contributed by atoms with Crippen LogP contribution in [0, 0.1) is 5.92 Å². The SMILES string of the molecule is O=C(NCCCN1CCCCC1)C1CCS(=O)(=O)C1. The number of carbonyl (C=O) groups is 1. The number of sulfone groups is 1. The molecule has 0 aromatic carbocycles. The molecular weight excluding hydrogens is 264 g/mol. The van der Waals surface area contributed by atoms with Gasteiger partial charge < -0.3 is 10.2 Å². The van der Waals surface area contributed by atoms with E-state index in [1.54, 1.807) is 0 Å². The first-order chi connectivity index (χ1) is 9.07. The zero-order valence-electron chi connectivity index (χ0n) is 11.4. The number of likely N-dealkylation sites (tertiary alicyclic amines) is 1. The summed E-state index contributed by atoms with van der Waals surface area (Å²) >= 11 is 0. The van der Waals surface area contributed by atoms with Crippen LogP contribution < -0.4 is 5.32 Å². The van der Waals surface area contributed by atoms with E-state index in [0.29, 0.717) is 13.0 Å². The van der Waals surface area contributed by atoms with Crippen LogP contribution >= 0.6 is 0 Å². The summed E-state index contributed by atoms with van der Waals surface area (Å²) in [7, 11) is -2.96. The first-order valence-electron chi connectivity index (χ1n) is 7.27. The summed E-state index contributed by atoms with van der Waals surface area (Å²) in [5.74, 6) is -0.205. The minimum atomic E-state index is -2.96. The van der Waals surface area contributed by atoms with Crippen LogP contribution in [0.4, 0.5) is 0 Å². The fourth-order valence-electron chi connectivity index (χ4n) is 2.84. The van der Waals surface area contributed by atoms with Gasteiger partial charge in [-0.2, -0.15) is 0 Å². The second-order valence-electron chi connectivity index (χ2n) is 5.65. The van der Waals surface area contributed by atoms with Crippen LogP contribution in [0.5, 0.6) is 0 Å². The van der Waals surface area contributed by atoms with E-state index in [-0.39, 0.29) is 23.3 Å². The Labute approximate surface area is 115 Å². The molecule has 2 aliphatic rings. The van der Waals surface area contributed by atoms with Crippen LogP contribution in [0.25, 0.3) is 0 Å². The predicted octanol–water partition coefficient (Wildman–Crippen LogP) is 0.413. The zero-order valence-corrected chi connectivity index (χ0v) is 12.3. The van der Waals surface area contributed by atoms with Crippen molar-refractivity contribution >= 4 is 15.7 Å². The standard InChI is InChI=1S/C13H24N2O3S/c16-13(12-5-10-19(17,18)11-12)14-6-4-9-15-7-2-1-3-8-15/h12H,1-11H2,(H,14,16). The van der Waals surface area contributed by atoms with E-state index in [1.165, 1.54) is 32.4 Å². The Morgan fingerprint density at radius 3 is 2.58 bits per heavy atom. The molecule has 0 aliphatic carbocycles. The summed E-state index contributed by atoms with van der Waals surface area (Å²) in [5, 5.41) is 2.87. The van der Waals surface area contributed by atoms with Crippen LogP contribution in [0.15, 0.2) is 0 Å². The predicted molar refractivity (Wildman–Crippen MR) is 74.7 cm³/mol. The number of nitrogens with one attached hydrogen (secondary N) is 1. The van der Waals surface area contributed by atoms with Crippen molar-refractivity contribution in [2.45, 2.75) is 32.1 Å². The Kier molecular flexibility index (Phi) is 5.21. The van der Waals surface area contributed by atoms with Gasteiger partial charge in [0.05, 0.1) is 17.4 Å². The van der Waals surface area contributed by atoms with Crippen molar-refractivity contribution in [3.8, 4) is 0 Å². The summed E-state index contributed by atoms with van der Waals surface area (Å²) in [4.78, 5) is 14.2. The number of amides is 1. The molecule has 0 aromatic rings. The van der Waals surface area contributed by atoms with Gasteiger partial charge in [0.25, 0.3) is 0 Å². The summed E-state index contributed by atoms with van der Waals surface area (Å²) < 4.78 is 22.6. The summed E-state index contributed by atoms with van der Waals surface area (Å²) in [5.41, 5.74) is 0. The monoisotopic (exact) mass is 288 g/mol. The van der Waals surface area contributed by atoms with Crippen LogP contribution in [0.2, 0.25) is 0 Å². The molecule has 1 atom stereocenters. The van der Waals surface area contributed by atoms with Gasteiger partial charge in [0.2, 0.25) is 5.91 Å². The molecule has 0 radical (unpaired) electrons. The fraction of sp³-hybridized carbons (Fsp3) is 0.923. The van der Waals surface area contributed by atoms with E-state index >= 15 is 0 Å². The number of hydrogen-bond acceptors (Lipinski definition) is 4. The van der Waals surface area contributed by atoms with E-state index in [0.717, 1.165) is 13.0 Å². The average molecular weight is 288 g/mol. The lowest BCUT2D eigenvalue weighted by Crippen LogP contribution is -2.35. The van der Waals surface area contributed by atoms with Gasteiger partial charge in [0.15, 0.2) is 9.84 Å². The van der Waals surface area contributed by atoms with E-state index in [1.807, 2.05) is 0 Å². The first-order valence-corrected chi connectivity index (χ1v) is 9.09. The molecule has 1 unspecified atom stereocenters. The molecule has 110 valence electrons. The van der Waals surface area contributed by atoms with Gasteiger partial charge in [-0.1, -0.05) is 6.42 Å². The number of rotatable bonds is 5. The molecule has 0 aromatic heterocycles. The largest absolute Gasteiger partial charge is 0.356 e. The molecule has 5 nitrogen and oxygen atoms in total. The third kappa shape index (κ3) is 4.76. The summed E-state index contributed by atoms with van der Waals surface area (Å²) in [6.45, 7) is 4.04. The Balaban J connectivity index is 1.59. The van der Waals surface area contributed by atoms with E-state index in [4.69, 9.17) is 0 Å². The molecule has 0 spiro atoms. The third-order valence-electron chi connectivity index (χ3n) is 4.00. The minimum absolute atomic E-state index is 0.0327. The zero-order chi connectivity index (χ0) is 13.7. The number of carbonyl (C=O) groups excluding carboxylic acids is 1. The lowest BCUT2D eigenvalue weighted by molar-refractivity contribution is -0.124. The molecular formula is C13H24N2O3S. The maximum Gasteiger partial charge on any atom is 0.224 e. The molecule has 1 amide bonds. The van der Waals surface area contributed by atoms with Crippen molar-refractivity contribution in [2.75, 3.05) is 37.7 Å². The van der Waals surface area contributed by atoms with Crippen LogP contribution in [-0.4, -0.2) is 56.9 Å². The van der Waals surface area contributed by atoms with E-state index in [2.05, 4.69) is 10.2 Å². The van der Waals surface area contributed by atoms with Crippen molar-refractivity contribution in [3.63, 3.8) is 0 Å². The highest BCUT2D eigenvalue weighted by atomic mass is 32.2. The molecule has 1 N–H and O–H groups in total. The lowest BCUT2D eigenvalue weighted by Gasteiger charge is -2.26. The van der Waals surface area contributed by atoms with Crippen LogP contribution in [0.1, 0.15) is 32.1 Å². The Morgan fingerprint density at radius 2 is 1.95 bits per heavy atom. The second-order valence-corrected chi connectivity index (χ2v) is 7.88. The number of nitrogens with zero attached hydrogens (tertiary/aromatic N) is 1. The molecule has 2 aliphatic heterocycles. The molecule has 2 fully saturated rings. The maximum atomic E-state index is 11.8. The molecule has 19 heavy (non-hydrogen) atoms. The highest BCUT2D eigenvalue weighted by molar-refractivity contribution is 7.91. The minimum Gasteiger partial charge on any atom is -0.356 e. The average Bonchev–Trinajstić information content (AvgIpc) is 2.76. The van der Waals surface area contributed by atoms with Crippen LogP contribution in [0.3, 0.4) is 0 Å². The van der Waals surface area contributed by atoms with Gasteiger partial charge in [-0.05, 0) is 45.3 Å². The number of piperidine rings is 1. The molecule has 2 saturated heterocycles. The fourth-order valence-corrected chi connectivity index (χ4v) is 4.58. The normalized spacial score (nSPS) is 27.3. The molecule has 6 heteroatoms. The van der Waals surface area contributed by atoms with Gasteiger partial charge >= 0.3 is 0 Å². The van der Waals surface area contributed by atoms with Crippen molar-refractivity contribution in [1.82, 2.24) is 10.2 Å². The molecule has 2 heterocycles. The molecule has 2 rings (SSSR count). The van der Waals surface area contributed by atoms with E-state index < -0.39 is 9.84 Å². The smallest absolute Gasteiger partial charge is 0.224 e. The van der Waals surface area contributed by atoms with Crippen molar-refractivity contribution in [2.24, 2.45) is 5.92 Å². The lowest BCUT2D eigenvalue weighted by atomic mass is 10.1. The van der Waals surface area contributed by atoms with Crippen molar-refractivity contribution in [3.05, 3.63) is 0 Å². The highest BCUT2D eigenvalue weighted by Gasteiger charge is 2.32. The first kappa shape index (κ1) is 14.8. The number of hydrogen-bond donors (Lipinski definition) is 1. The Bertz CT molecular complexity index is 402. The van der Waals surface area contributed by atoms with Gasteiger partial charge in [-0.25, -0.2) is 8.42 Å². The topological polar surface area (TPSA) is 66.5 Å². The van der Waals surface area contributed by atoms with Crippen molar-refractivity contribution < 1.29 is 13.2 Å². The quantitative estimate of drug-likeness (QED) is 0.744. The Hall–Kier alpha value is -0.620. The van der Waals surface area contributed by atoms with Gasteiger partial charge in [0.1, 0.15) is 0 Å².